The number of hydrogen-bond acceptors (Lipinski definition) is 3. The third-order valence-corrected chi connectivity index (χ3v) is 4.58. The van der Waals surface area contributed by atoms with Gasteiger partial charge in [0, 0.05) is 40.6 Å². The van der Waals surface area contributed by atoms with E-state index < -0.39 is 0 Å². The molecule has 0 unspecified atom stereocenters. The van der Waals surface area contributed by atoms with Crippen molar-refractivity contribution in [2.75, 3.05) is 36.5 Å². The Balaban J connectivity index is 1.62. The summed E-state index contributed by atoms with van der Waals surface area (Å²) in [5.74, 6) is -0.0930. The lowest BCUT2D eigenvalue weighted by atomic mass is 10.0. The lowest BCUT2D eigenvalue weighted by Crippen LogP contribution is -2.36. The number of anilines is 2. The number of carbonyl (C=O) groups excluding carboxylic acids is 1. The predicted molar refractivity (Wildman–Crippen MR) is 97.4 cm³/mol. The van der Waals surface area contributed by atoms with Gasteiger partial charge in [0.25, 0.3) is 5.91 Å². The van der Waals surface area contributed by atoms with Crippen molar-refractivity contribution in [2.45, 2.75) is 0 Å². The number of halogens is 1. The number of hydrogen-bond donors (Lipinski definition) is 1. The van der Waals surface area contributed by atoms with E-state index in [2.05, 4.69) is 22.3 Å². The van der Waals surface area contributed by atoms with E-state index in [1.807, 2.05) is 30.3 Å². The normalized spacial score (nSPS) is 18.6. The van der Waals surface area contributed by atoms with Crippen LogP contribution in [0.25, 0.3) is 11.6 Å². The predicted octanol–water partition coefficient (Wildman–Crippen LogP) is 3.67. The first-order valence-electron chi connectivity index (χ1n) is 7.96. The molecule has 0 radical (unpaired) electrons. The van der Waals surface area contributed by atoms with Gasteiger partial charge in [-0.25, -0.2) is 0 Å². The van der Waals surface area contributed by atoms with Gasteiger partial charge in [0.15, 0.2) is 0 Å². The minimum atomic E-state index is -0.0930. The average Bonchev–Trinajstić information content (AvgIpc) is 2.92. The Bertz CT molecular complexity index is 809. The Labute approximate surface area is 145 Å². The lowest BCUT2D eigenvalue weighted by molar-refractivity contribution is -0.110. The molecule has 2 aliphatic rings. The smallest absolute Gasteiger partial charge is 0.256 e. The van der Waals surface area contributed by atoms with E-state index in [0.717, 1.165) is 43.1 Å². The molecule has 122 valence electrons. The fraction of sp³-hybridized carbons (Fsp3) is 0.211. The van der Waals surface area contributed by atoms with Crippen LogP contribution in [0.3, 0.4) is 0 Å². The molecular formula is C19H17ClN2O2. The molecule has 2 aromatic carbocycles. The fourth-order valence-corrected chi connectivity index (χ4v) is 3.25. The molecule has 0 aliphatic carbocycles. The van der Waals surface area contributed by atoms with Crippen LogP contribution in [0.4, 0.5) is 11.4 Å². The van der Waals surface area contributed by atoms with Gasteiger partial charge in [0.1, 0.15) is 0 Å². The number of morpholine rings is 1. The summed E-state index contributed by atoms with van der Waals surface area (Å²) in [5, 5.41) is 3.49. The Morgan fingerprint density at radius 3 is 2.58 bits per heavy atom. The number of amides is 1. The van der Waals surface area contributed by atoms with Crippen LogP contribution in [0.5, 0.6) is 0 Å². The van der Waals surface area contributed by atoms with Crippen LogP contribution >= 0.6 is 11.6 Å². The molecule has 0 atom stereocenters. The summed E-state index contributed by atoms with van der Waals surface area (Å²) in [6.45, 7) is 3.36. The molecule has 0 saturated carbocycles. The highest BCUT2D eigenvalue weighted by Gasteiger charge is 2.24. The number of rotatable bonds is 2. The topological polar surface area (TPSA) is 41.6 Å². The summed E-state index contributed by atoms with van der Waals surface area (Å²) in [6, 6.07) is 13.7. The van der Waals surface area contributed by atoms with Gasteiger partial charge in [0.05, 0.1) is 13.2 Å². The maximum Gasteiger partial charge on any atom is 0.256 e. The van der Waals surface area contributed by atoms with Gasteiger partial charge in [-0.2, -0.15) is 0 Å². The van der Waals surface area contributed by atoms with Gasteiger partial charge in [-0.15, -0.1) is 0 Å². The second kappa shape index (κ2) is 6.30. The monoisotopic (exact) mass is 340 g/mol. The van der Waals surface area contributed by atoms with E-state index >= 15 is 0 Å². The summed E-state index contributed by atoms with van der Waals surface area (Å²) in [5.41, 5.74) is 4.47. The van der Waals surface area contributed by atoms with Gasteiger partial charge in [0.2, 0.25) is 0 Å². The molecule has 4 nitrogen and oxygen atoms in total. The first kappa shape index (κ1) is 15.2. The van der Waals surface area contributed by atoms with Crippen LogP contribution in [-0.4, -0.2) is 32.2 Å². The second-order valence-electron chi connectivity index (χ2n) is 5.89. The highest BCUT2D eigenvalue weighted by atomic mass is 35.5. The van der Waals surface area contributed by atoms with Crippen molar-refractivity contribution in [1.29, 1.82) is 0 Å². The summed E-state index contributed by atoms with van der Waals surface area (Å²) in [7, 11) is 0. The van der Waals surface area contributed by atoms with Crippen LogP contribution in [0.2, 0.25) is 5.02 Å². The van der Waals surface area contributed by atoms with Crippen LogP contribution in [0, 0.1) is 0 Å². The zero-order chi connectivity index (χ0) is 16.5. The number of nitrogens with zero attached hydrogens (tertiary/aromatic N) is 1. The molecule has 0 bridgehead atoms. The summed E-state index contributed by atoms with van der Waals surface area (Å²) >= 11 is 6.06. The average molecular weight is 341 g/mol. The number of benzene rings is 2. The minimum Gasteiger partial charge on any atom is -0.378 e. The first-order chi connectivity index (χ1) is 11.7. The SMILES string of the molecule is O=C1Nc2ccc(Cl)cc2C1=Cc1ccc(N2CCOCC2)cc1. The molecule has 24 heavy (non-hydrogen) atoms. The summed E-state index contributed by atoms with van der Waals surface area (Å²) in [4.78, 5) is 14.5. The van der Waals surface area contributed by atoms with Crippen LogP contribution in [0.1, 0.15) is 11.1 Å². The molecule has 2 aliphatic heterocycles. The van der Waals surface area contributed by atoms with E-state index in [1.165, 1.54) is 5.69 Å². The minimum absolute atomic E-state index is 0.0930. The lowest BCUT2D eigenvalue weighted by Gasteiger charge is -2.28. The van der Waals surface area contributed by atoms with E-state index in [-0.39, 0.29) is 5.91 Å². The molecule has 0 aromatic heterocycles. The standard InChI is InChI=1S/C19H17ClN2O2/c20-14-3-6-18-16(12-14)17(19(23)21-18)11-13-1-4-15(5-2-13)22-7-9-24-10-8-22/h1-6,11-12H,7-10H2,(H,21,23). The van der Waals surface area contributed by atoms with Crippen molar-refractivity contribution in [3.63, 3.8) is 0 Å². The highest BCUT2D eigenvalue weighted by Crippen LogP contribution is 2.35. The van der Waals surface area contributed by atoms with Crippen molar-refractivity contribution in [3.8, 4) is 0 Å². The van der Waals surface area contributed by atoms with Gasteiger partial charge in [-0.1, -0.05) is 23.7 Å². The third kappa shape index (κ3) is 2.90. The molecular weight excluding hydrogens is 324 g/mol. The van der Waals surface area contributed by atoms with E-state index in [0.29, 0.717) is 10.6 Å². The van der Waals surface area contributed by atoms with Crippen molar-refractivity contribution >= 4 is 40.5 Å². The van der Waals surface area contributed by atoms with E-state index in [4.69, 9.17) is 16.3 Å². The fourth-order valence-electron chi connectivity index (χ4n) is 3.07. The van der Waals surface area contributed by atoms with Gasteiger partial charge < -0.3 is 15.0 Å². The first-order valence-corrected chi connectivity index (χ1v) is 8.34. The van der Waals surface area contributed by atoms with Crippen LogP contribution < -0.4 is 10.2 Å². The second-order valence-corrected chi connectivity index (χ2v) is 6.33. The van der Waals surface area contributed by atoms with Crippen LogP contribution in [0.15, 0.2) is 42.5 Å². The van der Waals surface area contributed by atoms with Gasteiger partial charge >= 0.3 is 0 Å². The zero-order valence-corrected chi connectivity index (χ0v) is 13.8. The summed E-state index contributed by atoms with van der Waals surface area (Å²) in [6.07, 6.45) is 1.90. The molecule has 2 aromatic rings. The maximum absolute atomic E-state index is 12.2. The highest BCUT2D eigenvalue weighted by molar-refractivity contribution is 6.36. The molecule has 1 fully saturated rings. The molecule has 5 heteroatoms. The quantitative estimate of drug-likeness (QED) is 0.848. The van der Waals surface area contributed by atoms with Crippen LogP contribution in [-0.2, 0) is 9.53 Å². The Morgan fingerprint density at radius 1 is 1.08 bits per heavy atom. The maximum atomic E-state index is 12.2. The Morgan fingerprint density at radius 2 is 1.83 bits per heavy atom. The number of fused-ring (bicyclic) bond motifs is 1. The molecule has 4 rings (SSSR count). The largest absolute Gasteiger partial charge is 0.378 e. The Kier molecular flexibility index (Phi) is 4.00. The number of ether oxygens (including phenoxy) is 1. The molecule has 2 heterocycles. The number of carbonyl (C=O) groups is 1. The molecule has 1 N–H and O–H groups in total. The van der Waals surface area contributed by atoms with Gasteiger partial charge in [-0.05, 0) is 42.0 Å². The van der Waals surface area contributed by atoms with Crippen molar-refractivity contribution < 1.29 is 9.53 Å². The van der Waals surface area contributed by atoms with Gasteiger partial charge in [-0.3, -0.25) is 4.79 Å². The third-order valence-electron chi connectivity index (χ3n) is 4.34. The van der Waals surface area contributed by atoms with Crippen molar-refractivity contribution in [1.82, 2.24) is 0 Å². The number of nitrogens with one attached hydrogen (secondary N) is 1. The molecule has 0 spiro atoms. The molecule has 1 amide bonds. The van der Waals surface area contributed by atoms with E-state index in [1.54, 1.807) is 6.07 Å². The van der Waals surface area contributed by atoms with Crippen molar-refractivity contribution in [3.05, 3.63) is 58.6 Å². The summed E-state index contributed by atoms with van der Waals surface area (Å²) < 4.78 is 5.38. The van der Waals surface area contributed by atoms with Crippen molar-refractivity contribution in [2.24, 2.45) is 0 Å². The van der Waals surface area contributed by atoms with E-state index in [9.17, 15) is 4.79 Å². The molecule has 1 saturated heterocycles. The Hall–Kier alpha value is -2.30. The zero-order valence-electron chi connectivity index (χ0n) is 13.1.